The molecule has 6 rings (SSSR count). The first-order chi connectivity index (χ1) is 14.8. The largest absolute Gasteiger partial charge is 0.341 e. The van der Waals surface area contributed by atoms with E-state index in [1.54, 1.807) is 24.0 Å². The predicted molar refractivity (Wildman–Crippen MR) is 113 cm³/mol. The summed E-state index contributed by atoms with van der Waals surface area (Å²) in [7, 11) is 0. The second-order valence-corrected chi connectivity index (χ2v) is 8.47. The highest BCUT2D eigenvalue weighted by atomic mass is 32.1. The number of thiazole rings is 1. The Balaban J connectivity index is 1.47. The van der Waals surface area contributed by atoms with Crippen LogP contribution in [0.4, 0.5) is 5.82 Å². The second-order valence-electron chi connectivity index (χ2n) is 7.75. The Kier molecular flexibility index (Phi) is 4.12. The number of fused-ring (bicyclic) bond motifs is 3. The Morgan fingerprint density at radius 1 is 1.10 bits per heavy atom. The van der Waals surface area contributed by atoms with E-state index >= 15 is 0 Å². The number of imidazole rings is 1. The third kappa shape index (κ3) is 2.67. The maximum atomic E-state index is 5.02. The zero-order chi connectivity index (χ0) is 20.1. The van der Waals surface area contributed by atoms with Gasteiger partial charge in [0.05, 0.1) is 17.7 Å². The van der Waals surface area contributed by atoms with E-state index in [1.807, 2.05) is 32.4 Å². The standard InChI is InChI=1S/C20H21N9S/c1-2-16-19-26-24-11-28(19)17-7-21-20(25-18(17)29(16)13-5-3-4-6-13)27-8-14(22-10-27)15-9-30-12-23-15/h7-13,16H,2-6H2,1H3/t16-/m1/s1. The summed E-state index contributed by atoms with van der Waals surface area (Å²) < 4.78 is 3.90. The normalized spacial score (nSPS) is 18.6. The van der Waals surface area contributed by atoms with Crippen LogP contribution in [0.1, 0.15) is 50.9 Å². The summed E-state index contributed by atoms with van der Waals surface area (Å²) >= 11 is 1.56. The molecule has 0 aromatic carbocycles. The van der Waals surface area contributed by atoms with Gasteiger partial charge in [-0.05, 0) is 19.3 Å². The van der Waals surface area contributed by atoms with E-state index in [2.05, 4.69) is 37.0 Å². The average molecular weight is 420 g/mol. The summed E-state index contributed by atoms with van der Waals surface area (Å²) in [6.45, 7) is 2.20. The quantitative estimate of drug-likeness (QED) is 0.499. The summed E-state index contributed by atoms with van der Waals surface area (Å²) in [6, 6.07) is 0.634. The number of hydrogen-bond acceptors (Lipinski definition) is 8. The molecule has 1 aliphatic heterocycles. The van der Waals surface area contributed by atoms with E-state index in [1.165, 1.54) is 25.7 Å². The summed E-state index contributed by atoms with van der Waals surface area (Å²) in [4.78, 5) is 21.0. The molecule has 1 saturated carbocycles. The Hall–Kier alpha value is -3.14. The number of anilines is 1. The van der Waals surface area contributed by atoms with Gasteiger partial charge in [0, 0.05) is 17.6 Å². The first kappa shape index (κ1) is 17.7. The minimum Gasteiger partial charge on any atom is -0.341 e. The number of nitrogens with zero attached hydrogens (tertiary/aromatic N) is 9. The van der Waals surface area contributed by atoms with Crippen LogP contribution in [0.2, 0.25) is 0 Å². The molecule has 1 aliphatic carbocycles. The smallest absolute Gasteiger partial charge is 0.237 e. The Morgan fingerprint density at radius 3 is 2.80 bits per heavy atom. The highest BCUT2D eigenvalue weighted by Gasteiger charge is 2.38. The van der Waals surface area contributed by atoms with E-state index in [4.69, 9.17) is 4.98 Å². The van der Waals surface area contributed by atoms with Crippen molar-refractivity contribution in [3.05, 3.63) is 41.8 Å². The van der Waals surface area contributed by atoms with Crippen molar-refractivity contribution >= 4 is 17.2 Å². The van der Waals surface area contributed by atoms with Crippen LogP contribution in [0.3, 0.4) is 0 Å². The molecule has 0 spiro atoms. The minimum absolute atomic E-state index is 0.166. The fourth-order valence-electron chi connectivity index (χ4n) is 4.66. The van der Waals surface area contributed by atoms with E-state index in [0.717, 1.165) is 35.1 Å². The van der Waals surface area contributed by atoms with Crippen LogP contribution >= 0.6 is 11.3 Å². The predicted octanol–water partition coefficient (Wildman–Crippen LogP) is 3.58. The van der Waals surface area contributed by atoms with Gasteiger partial charge in [-0.2, -0.15) is 4.98 Å². The molecule has 2 aliphatic rings. The van der Waals surface area contributed by atoms with Gasteiger partial charge >= 0.3 is 0 Å². The second kappa shape index (κ2) is 6.98. The fraction of sp³-hybridized carbons (Fsp3) is 0.400. The fourth-order valence-corrected chi connectivity index (χ4v) is 5.21. The third-order valence-electron chi connectivity index (χ3n) is 6.06. The van der Waals surface area contributed by atoms with E-state index in [0.29, 0.717) is 12.0 Å². The SMILES string of the molecule is CC[C@@H]1c2nncn2-c2cnc(-n3cnc(-c4cscn4)c3)nc2N1C1CCCC1. The Morgan fingerprint density at radius 2 is 2.00 bits per heavy atom. The molecular formula is C20H21N9S. The summed E-state index contributed by atoms with van der Waals surface area (Å²) in [5, 5.41) is 10.6. The van der Waals surface area contributed by atoms with E-state index in [-0.39, 0.29) is 6.04 Å². The molecule has 10 heteroatoms. The monoisotopic (exact) mass is 419 g/mol. The van der Waals surface area contributed by atoms with Gasteiger partial charge in [-0.3, -0.25) is 9.13 Å². The lowest BCUT2D eigenvalue weighted by Gasteiger charge is -2.40. The van der Waals surface area contributed by atoms with Crippen molar-refractivity contribution < 1.29 is 0 Å². The first-order valence-corrected chi connectivity index (χ1v) is 11.3. The Labute approximate surface area is 177 Å². The van der Waals surface area contributed by atoms with Crippen LogP contribution in [0.15, 0.2) is 35.9 Å². The van der Waals surface area contributed by atoms with Gasteiger partial charge in [-0.1, -0.05) is 19.8 Å². The minimum atomic E-state index is 0.166. The molecule has 30 heavy (non-hydrogen) atoms. The molecular weight excluding hydrogens is 398 g/mol. The molecule has 0 N–H and O–H groups in total. The topological polar surface area (TPSA) is 90.4 Å². The van der Waals surface area contributed by atoms with Crippen molar-refractivity contribution in [2.45, 2.75) is 51.1 Å². The van der Waals surface area contributed by atoms with Crippen LogP contribution < -0.4 is 4.90 Å². The molecule has 0 saturated heterocycles. The summed E-state index contributed by atoms with van der Waals surface area (Å²) in [5.74, 6) is 2.54. The molecule has 152 valence electrons. The molecule has 0 radical (unpaired) electrons. The number of hydrogen-bond donors (Lipinski definition) is 0. The van der Waals surface area contributed by atoms with Crippen molar-refractivity contribution in [2.75, 3.05) is 4.90 Å². The van der Waals surface area contributed by atoms with Crippen LogP contribution in [0.25, 0.3) is 23.0 Å². The van der Waals surface area contributed by atoms with Crippen molar-refractivity contribution in [1.82, 2.24) is 39.3 Å². The van der Waals surface area contributed by atoms with Gasteiger partial charge in [0.25, 0.3) is 0 Å². The maximum absolute atomic E-state index is 5.02. The highest BCUT2D eigenvalue weighted by molar-refractivity contribution is 7.07. The molecule has 1 fully saturated rings. The van der Waals surface area contributed by atoms with E-state index in [9.17, 15) is 0 Å². The van der Waals surface area contributed by atoms with Crippen molar-refractivity contribution in [3.63, 3.8) is 0 Å². The van der Waals surface area contributed by atoms with E-state index < -0.39 is 0 Å². The van der Waals surface area contributed by atoms with Crippen LogP contribution in [0.5, 0.6) is 0 Å². The molecule has 9 nitrogen and oxygen atoms in total. The van der Waals surface area contributed by atoms with Crippen LogP contribution in [0, 0.1) is 0 Å². The molecule has 0 unspecified atom stereocenters. The Bertz CT molecular complexity index is 1170. The highest BCUT2D eigenvalue weighted by Crippen LogP contribution is 2.42. The molecule has 1 atom stereocenters. The first-order valence-electron chi connectivity index (χ1n) is 10.3. The lowest BCUT2D eigenvalue weighted by molar-refractivity contribution is 0.468. The van der Waals surface area contributed by atoms with Gasteiger partial charge in [0.1, 0.15) is 29.7 Å². The van der Waals surface area contributed by atoms with Gasteiger partial charge in [-0.15, -0.1) is 21.5 Å². The zero-order valence-corrected chi connectivity index (χ0v) is 17.4. The number of rotatable bonds is 4. The van der Waals surface area contributed by atoms with Gasteiger partial charge in [0.15, 0.2) is 11.6 Å². The summed E-state index contributed by atoms with van der Waals surface area (Å²) in [5.41, 5.74) is 4.43. The third-order valence-corrected chi connectivity index (χ3v) is 6.65. The van der Waals surface area contributed by atoms with Crippen molar-refractivity contribution in [2.24, 2.45) is 0 Å². The molecule has 0 bridgehead atoms. The zero-order valence-electron chi connectivity index (χ0n) is 16.6. The average Bonchev–Trinajstić information content (AvgIpc) is 3.58. The lowest BCUT2D eigenvalue weighted by Crippen LogP contribution is -2.42. The van der Waals surface area contributed by atoms with Gasteiger partial charge in [-0.25, -0.2) is 15.0 Å². The number of aromatic nitrogens is 8. The van der Waals surface area contributed by atoms with Crippen LogP contribution in [-0.2, 0) is 0 Å². The molecule has 4 aromatic heterocycles. The van der Waals surface area contributed by atoms with Gasteiger partial charge in [0.2, 0.25) is 5.95 Å². The van der Waals surface area contributed by atoms with Crippen molar-refractivity contribution in [1.29, 1.82) is 0 Å². The van der Waals surface area contributed by atoms with Crippen LogP contribution in [-0.4, -0.2) is 45.3 Å². The summed E-state index contributed by atoms with van der Waals surface area (Å²) in [6.07, 6.45) is 13.2. The lowest BCUT2D eigenvalue weighted by atomic mass is 10.0. The van der Waals surface area contributed by atoms with Gasteiger partial charge < -0.3 is 4.90 Å². The molecule has 5 heterocycles. The molecule has 0 amide bonds. The molecule has 4 aromatic rings. The van der Waals surface area contributed by atoms with Crippen molar-refractivity contribution in [3.8, 4) is 23.0 Å². The maximum Gasteiger partial charge on any atom is 0.237 e.